The Morgan fingerprint density at radius 2 is 2.00 bits per heavy atom. The number of hydrogen-bond acceptors (Lipinski definition) is 3. The first-order chi connectivity index (χ1) is 13.6. The topological polar surface area (TPSA) is 66.7 Å². The molecule has 0 spiro atoms. The van der Waals surface area contributed by atoms with E-state index in [4.69, 9.17) is 0 Å². The van der Waals surface area contributed by atoms with E-state index in [9.17, 15) is 9.59 Å². The lowest BCUT2D eigenvalue weighted by Gasteiger charge is -2.37. The lowest BCUT2D eigenvalue weighted by molar-refractivity contribution is -0.141. The largest absolute Gasteiger partial charge is 0.350 e. The van der Waals surface area contributed by atoms with Gasteiger partial charge < -0.3 is 14.6 Å². The van der Waals surface area contributed by atoms with E-state index in [0.29, 0.717) is 32.0 Å². The third-order valence-electron chi connectivity index (χ3n) is 6.19. The molecule has 1 saturated carbocycles. The van der Waals surface area contributed by atoms with Crippen molar-refractivity contribution in [3.63, 3.8) is 0 Å². The zero-order chi connectivity index (χ0) is 19.5. The quantitative estimate of drug-likeness (QED) is 0.826. The standard InChI is InChI=1S/C22H30N4O2/c1-16-10-11-25-15-18(24-20(25)12-16)13-23-22(28)17-8-9-21(27)26(14-17)19-6-4-2-3-5-7-19/h10-12,15,17,19H,2-9,13-14H2,1H3,(H,23,28)/t17-/m0/s1. The molecule has 2 amide bonds. The fourth-order valence-corrected chi connectivity index (χ4v) is 4.55. The minimum absolute atomic E-state index is 0.0411. The highest BCUT2D eigenvalue weighted by Crippen LogP contribution is 2.27. The molecule has 3 heterocycles. The van der Waals surface area contributed by atoms with Gasteiger partial charge >= 0.3 is 0 Å². The SMILES string of the molecule is Cc1ccn2cc(CNC(=O)[C@H]3CCC(=O)N(C4CCCCCC4)C3)nc2c1. The van der Waals surface area contributed by atoms with Crippen molar-refractivity contribution in [2.24, 2.45) is 5.92 Å². The number of hydrogen-bond donors (Lipinski definition) is 1. The maximum atomic E-state index is 12.8. The van der Waals surface area contributed by atoms with Gasteiger partial charge in [0, 0.05) is 31.4 Å². The van der Waals surface area contributed by atoms with Gasteiger partial charge in [-0.15, -0.1) is 0 Å². The zero-order valence-corrected chi connectivity index (χ0v) is 16.7. The molecule has 1 aliphatic carbocycles. The van der Waals surface area contributed by atoms with Gasteiger partial charge in [0.05, 0.1) is 18.2 Å². The van der Waals surface area contributed by atoms with Crippen molar-refractivity contribution in [3.8, 4) is 0 Å². The van der Waals surface area contributed by atoms with Crippen LogP contribution in [0.15, 0.2) is 24.5 Å². The highest BCUT2D eigenvalue weighted by atomic mass is 16.2. The predicted octanol–water partition coefficient (Wildman–Crippen LogP) is 3.22. The molecule has 28 heavy (non-hydrogen) atoms. The van der Waals surface area contributed by atoms with Crippen LogP contribution in [0, 0.1) is 12.8 Å². The molecule has 1 atom stereocenters. The summed E-state index contributed by atoms with van der Waals surface area (Å²) in [6.07, 6.45) is 12.2. The number of amides is 2. The van der Waals surface area contributed by atoms with Gasteiger partial charge in [0.1, 0.15) is 5.65 Å². The smallest absolute Gasteiger partial charge is 0.225 e. The van der Waals surface area contributed by atoms with E-state index >= 15 is 0 Å². The van der Waals surface area contributed by atoms with Crippen LogP contribution in [0.25, 0.3) is 5.65 Å². The summed E-state index contributed by atoms with van der Waals surface area (Å²) in [7, 11) is 0. The minimum atomic E-state index is -0.111. The Bertz CT molecular complexity index is 851. The average molecular weight is 383 g/mol. The summed E-state index contributed by atoms with van der Waals surface area (Å²) < 4.78 is 1.97. The van der Waals surface area contributed by atoms with Gasteiger partial charge in [0.25, 0.3) is 0 Å². The highest BCUT2D eigenvalue weighted by molar-refractivity contribution is 5.84. The zero-order valence-electron chi connectivity index (χ0n) is 16.7. The number of rotatable bonds is 4. The molecule has 1 saturated heterocycles. The maximum Gasteiger partial charge on any atom is 0.225 e. The lowest BCUT2D eigenvalue weighted by atomic mass is 9.93. The molecule has 2 fully saturated rings. The molecule has 6 heteroatoms. The highest BCUT2D eigenvalue weighted by Gasteiger charge is 2.34. The molecular formula is C22H30N4O2. The van der Waals surface area contributed by atoms with Gasteiger partial charge in [-0.3, -0.25) is 9.59 Å². The number of likely N-dealkylation sites (tertiary alicyclic amines) is 1. The second-order valence-corrected chi connectivity index (χ2v) is 8.35. The Labute approximate surface area is 166 Å². The Hall–Kier alpha value is -2.37. The summed E-state index contributed by atoms with van der Waals surface area (Å²) in [5, 5.41) is 3.04. The molecule has 0 aromatic carbocycles. The molecule has 1 aliphatic heterocycles. The Morgan fingerprint density at radius 3 is 2.79 bits per heavy atom. The molecule has 0 bridgehead atoms. The van der Waals surface area contributed by atoms with Crippen molar-refractivity contribution in [2.45, 2.75) is 70.9 Å². The number of aryl methyl sites for hydroxylation is 1. The summed E-state index contributed by atoms with van der Waals surface area (Å²) in [4.78, 5) is 31.8. The second-order valence-electron chi connectivity index (χ2n) is 8.35. The number of imidazole rings is 1. The van der Waals surface area contributed by atoms with Crippen LogP contribution in [0.1, 0.15) is 62.6 Å². The number of pyridine rings is 1. The molecule has 2 aliphatic rings. The number of nitrogens with zero attached hydrogens (tertiary/aromatic N) is 3. The Morgan fingerprint density at radius 1 is 1.21 bits per heavy atom. The van der Waals surface area contributed by atoms with Crippen molar-refractivity contribution >= 4 is 17.5 Å². The van der Waals surface area contributed by atoms with Crippen LogP contribution in [-0.4, -0.2) is 38.7 Å². The third kappa shape index (κ3) is 4.21. The molecule has 1 N–H and O–H groups in total. The van der Waals surface area contributed by atoms with Crippen molar-refractivity contribution in [3.05, 3.63) is 35.8 Å². The van der Waals surface area contributed by atoms with Gasteiger partial charge in [-0.05, 0) is 43.9 Å². The van der Waals surface area contributed by atoms with Crippen LogP contribution in [-0.2, 0) is 16.1 Å². The number of carbonyl (C=O) groups is 2. The van der Waals surface area contributed by atoms with E-state index in [1.807, 2.05) is 40.8 Å². The maximum absolute atomic E-state index is 12.8. The lowest BCUT2D eigenvalue weighted by Crippen LogP contribution is -2.49. The van der Waals surface area contributed by atoms with E-state index in [1.54, 1.807) is 0 Å². The minimum Gasteiger partial charge on any atom is -0.350 e. The van der Waals surface area contributed by atoms with E-state index in [1.165, 1.54) is 31.2 Å². The number of nitrogens with one attached hydrogen (secondary N) is 1. The van der Waals surface area contributed by atoms with E-state index in [2.05, 4.69) is 10.3 Å². The molecule has 0 unspecified atom stereocenters. The Kier molecular flexibility index (Phi) is 5.64. The van der Waals surface area contributed by atoms with Crippen molar-refractivity contribution in [1.29, 1.82) is 0 Å². The fraction of sp³-hybridized carbons (Fsp3) is 0.591. The Balaban J connectivity index is 1.36. The molecule has 4 rings (SSSR count). The summed E-state index contributed by atoms with van der Waals surface area (Å²) in [5.74, 6) is 0.159. The first-order valence-corrected chi connectivity index (χ1v) is 10.6. The van der Waals surface area contributed by atoms with Crippen LogP contribution in [0.5, 0.6) is 0 Å². The number of fused-ring (bicyclic) bond motifs is 1. The van der Waals surface area contributed by atoms with Gasteiger partial charge in [-0.2, -0.15) is 0 Å². The first kappa shape index (κ1) is 19.0. The molecule has 0 radical (unpaired) electrons. The van der Waals surface area contributed by atoms with Crippen LogP contribution < -0.4 is 5.32 Å². The van der Waals surface area contributed by atoms with Crippen molar-refractivity contribution in [1.82, 2.24) is 19.6 Å². The van der Waals surface area contributed by atoms with Crippen LogP contribution in [0.3, 0.4) is 0 Å². The number of carbonyl (C=O) groups excluding carboxylic acids is 2. The number of aromatic nitrogens is 2. The van der Waals surface area contributed by atoms with Crippen molar-refractivity contribution < 1.29 is 9.59 Å². The van der Waals surface area contributed by atoms with Gasteiger partial charge in [0.15, 0.2) is 0 Å². The predicted molar refractivity (Wildman–Crippen MR) is 108 cm³/mol. The van der Waals surface area contributed by atoms with E-state index in [-0.39, 0.29) is 17.7 Å². The molecule has 2 aromatic heterocycles. The average Bonchev–Trinajstić information content (AvgIpc) is 2.90. The van der Waals surface area contributed by atoms with Gasteiger partial charge in [-0.1, -0.05) is 25.7 Å². The summed E-state index contributed by atoms with van der Waals surface area (Å²) >= 11 is 0. The molecule has 150 valence electrons. The summed E-state index contributed by atoms with van der Waals surface area (Å²) in [6, 6.07) is 4.40. The third-order valence-corrected chi connectivity index (χ3v) is 6.19. The summed E-state index contributed by atoms with van der Waals surface area (Å²) in [6.45, 7) is 3.04. The van der Waals surface area contributed by atoms with Gasteiger partial charge in [-0.25, -0.2) is 4.98 Å². The normalized spacial score (nSPS) is 21.7. The first-order valence-electron chi connectivity index (χ1n) is 10.6. The van der Waals surface area contributed by atoms with E-state index < -0.39 is 0 Å². The summed E-state index contributed by atoms with van der Waals surface area (Å²) in [5.41, 5.74) is 2.91. The van der Waals surface area contributed by atoms with Crippen LogP contribution in [0.4, 0.5) is 0 Å². The monoisotopic (exact) mass is 382 g/mol. The van der Waals surface area contributed by atoms with Gasteiger partial charge in [0.2, 0.25) is 11.8 Å². The molecule has 6 nitrogen and oxygen atoms in total. The van der Waals surface area contributed by atoms with Crippen molar-refractivity contribution in [2.75, 3.05) is 6.54 Å². The molecule has 2 aromatic rings. The fourth-order valence-electron chi connectivity index (χ4n) is 4.55. The van der Waals surface area contributed by atoms with Crippen LogP contribution in [0.2, 0.25) is 0 Å². The van der Waals surface area contributed by atoms with E-state index in [0.717, 1.165) is 24.2 Å². The molecular weight excluding hydrogens is 352 g/mol. The van der Waals surface area contributed by atoms with Crippen LogP contribution >= 0.6 is 0 Å². The number of piperidine rings is 1. The second kappa shape index (κ2) is 8.33.